The van der Waals surface area contributed by atoms with Crippen LogP contribution in [0, 0.1) is 0 Å². The summed E-state index contributed by atoms with van der Waals surface area (Å²) in [5.74, 6) is -0.281. The van der Waals surface area contributed by atoms with E-state index in [1.165, 1.54) is 11.8 Å². The fourth-order valence-electron chi connectivity index (χ4n) is 2.04. The zero-order valence-electron chi connectivity index (χ0n) is 12.0. The maximum Gasteiger partial charge on any atom is 0.319 e. The van der Waals surface area contributed by atoms with Gasteiger partial charge in [-0.3, -0.25) is 4.79 Å². The van der Waals surface area contributed by atoms with Gasteiger partial charge in [-0.1, -0.05) is 27.7 Å². The second kappa shape index (κ2) is 6.21. The van der Waals surface area contributed by atoms with Crippen molar-refractivity contribution < 1.29 is 9.53 Å². The van der Waals surface area contributed by atoms with Gasteiger partial charge < -0.3 is 9.72 Å². The number of aromatic amines is 1. The molecule has 2 aromatic heterocycles. The molecule has 1 aromatic carbocycles. The Bertz CT molecular complexity index is 851. The minimum atomic E-state index is -0.377. The molecule has 0 aliphatic carbocycles. The van der Waals surface area contributed by atoms with Crippen molar-refractivity contribution >= 4 is 55.7 Å². The van der Waals surface area contributed by atoms with Gasteiger partial charge in [0.25, 0.3) is 0 Å². The number of hydrogen-bond donors (Lipinski definition) is 1. The van der Waals surface area contributed by atoms with Gasteiger partial charge in [0.15, 0.2) is 5.65 Å². The molecule has 0 spiro atoms. The number of H-pyrrole nitrogens is 1. The Balaban J connectivity index is 1.93. The molecule has 2 heterocycles. The summed E-state index contributed by atoms with van der Waals surface area (Å²) in [6.45, 7) is 3.90. The molecule has 0 aliphatic rings. The number of aromatic nitrogens is 4. The van der Waals surface area contributed by atoms with Crippen molar-refractivity contribution in [3.8, 4) is 0 Å². The van der Waals surface area contributed by atoms with Crippen molar-refractivity contribution in [1.82, 2.24) is 20.2 Å². The monoisotopic (exact) mass is 380 g/mol. The summed E-state index contributed by atoms with van der Waals surface area (Å²) < 4.78 is 5.95. The lowest BCUT2D eigenvalue weighted by Crippen LogP contribution is -2.17. The van der Waals surface area contributed by atoms with Crippen molar-refractivity contribution in [3.05, 3.63) is 22.7 Å². The lowest BCUT2D eigenvalue weighted by atomic mass is 10.2. The first kappa shape index (κ1) is 15.2. The van der Waals surface area contributed by atoms with Crippen LogP contribution in [0.4, 0.5) is 0 Å². The highest BCUT2D eigenvalue weighted by atomic mass is 79.9. The molecular formula is C14H13BrN4O2S. The van der Waals surface area contributed by atoms with Crippen molar-refractivity contribution in [2.24, 2.45) is 0 Å². The molecule has 1 unspecified atom stereocenters. The fraction of sp³-hybridized carbons (Fsp3) is 0.286. The summed E-state index contributed by atoms with van der Waals surface area (Å²) in [4.78, 5) is 19.3. The molecule has 0 bridgehead atoms. The fourth-order valence-corrected chi connectivity index (χ4v) is 3.12. The summed E-state index contributed by atoms with van der Waals surface area (Å²) >= 11 is 4.67. The molecule has 0 saturated carbocycles. The number of carbonyl (C=O) groups excluding carboxylic acids is 1. The van der Waals surface area contributed by atoms with Crippen LogP contribution in [0.5, 0.6) is 0 Å². The third-order valence-electron chi connectivity index (χ3n) is 3.06. The number of ether oxygens (including phenoxy) is 1. The van der Waals surface area contributed by atoms with Crippen molar-refractivity contribution in [2.75, 3.05) is 6.61 Å². The van der Waals surface area contributed by atoms with Gasteiger partial charge in [0.2, 0.25) is 5.16 Å². The SMILES string of the molecule is CCOC(=O)C(C)Sc1nnc2c(n1)[nH]c1ccc(Br)cc12. The smallest absolute Gasteiger partial charge is 0.319 e. The van der Waals surface area contributed by atoms with E-state index < -0.39 is 0 Å². The summed E-state index contributed by atoms with van der Waals surface area (Å²) in [5.41, 5.74) is 2.31. The third-order valence-corrected chi connectivity index (χ3v) is 4.48. The number of hydrogen-bond acceptors (Lipinski definition) is 6. The Morgan fingerprint density at radius 1 is 1.45 bits per heavy atom. The van der Waals surface area contributed by atoms with Crippen molar-refractivity contribution in [3.63, 3.8) is 0 Å². The summed E-state index contributed by atoms with van der Waals surface area (Å²) in [7, 11) is 0. The molecule has 6 nitrogen and oxygen atoms in total. The molecule has 0 saturated heterocycles. The standard InChI is InChI=1S/C14H13BrN4O2S/c1-3-21-13(20)7(2)22-14-17-12-11(18-19-14)9-6-8(15)4-5-10(9)16-12/h4-7H,3H2,1-2H3,(H,16,17,19). The van der Waals surface area contributed by atoms with Gasteiger partial charge in [0, 0.05) is 15.4 Å². The number of fused-ring (bicyclic) bond motifs is 3. The second-order valence-corrected chi connectivity index (χ2v) is 6.84. The molecular weight excluding hydrogens is 368 g/mol. The number of benzene rings is 1. The zero-order chi connectivity index (χ0) is 15.7. The Hall–Kier alpha value is -1.67. The van der Waals surface area contributed by atoms with E-state index >= 15 is 0 Å². The molecule has 1 N–H and O–H groups in total. The molecule has 8 heteroatoms. The molecule has 0 radical (unpaired) electrons. The summed E-state index contributed by atoms with van der Waals surface area (Å²) in [6.07, 6.45) is 0. The Morgan fingerprint density at radius 3 is 3.05 bits per heavy atom. The van der Waals surface area contributed by atoms with Crippen LogP contribution in [0.15, 0.2) is 27.8 Å². The van der Waals surface area contributed by atoms with E-state index in [-0.39, 0.29) is 11.2 Å². The largest absolute Gasteiger partial charge is 0.465 e. The second-order valence-electron chi connectivity index (χ2n) is 4.62. The highest BCUT2D eigenvalue weighted by molar-refractivity contribution is 9.10. The predicted molar refractivity (Wildman–Crippen MR) is 88.8 cm³/mol. The van der Waals surface area contributed by atoms with E-state index in [0.717, 1.165) is 15.4 Å². The molecule has 0 aliphatic heterocycles. The maximum atomic E-state index is 11.7. The van der Waals surface area contributed by atoms with Crippen molar-refractivity contribution in [2.45, 2.75) is 24.3 Å². The lowest BCUT2D eigenvalue weighted by Gasteiger charge is -2.08. The van der Waals surface area contributed by atoms with Crippen LogP contribution in [-0.2, 0) is 9.53 Å². The normalized spacial score (nSPS) is 12.7. The number of carbonyl (C=O) groups is 1. The minimum Gasteiger partial charge on any atom is -0.465 e. The summed E-state index contributed by atoms with van der Waals surface area (Å²) in [5, 5.41) is 9.36. The summed E-state index contributed by atoms with van der Waals surface area (Å²) in [6, 6.07) is 5.87. The number of thioether (sulfide) groups is 1. The molecule has 1 atom stereocenters. The van der Waals surface area contributed by atoms with E-state index in [2.05, 4.69) is 36.1 Å². The van der Waals surface area contributed by atoms with Crippen molar-refractivity contribution in [1.29, 1.82) is 0 Å². The Kier molecular flexibility index (Phi) is 4.30. The highest BCUT2D eigenvalue weighted by Gasteiger charge is 2.18. The number of halogens is 1. The first-order valence-corrected chi connectivity index (χ1v) is 8.40. The molecule has 0 amide bonds. The maximum absolute atomic E-state index is 11.7. The average molecular weight is 381 g/mol. The lowest BCUT2D eigenvalue weighted by molar-refractivity contribution is -0.142. The Labute approximate surface area is 139 Å². The quantitative estimate of drug-likeness (QED) is 0.552. The van der Waals surface area contributed by atoms with Crippen LogP contribution in [0.2, 0.25) is 0 Å². The van der Waals surface area contributed by atoms with Gasteiger partial charge in [-0.05, 0) is 32.0 Å². The molecule has 114 valence electrons. The average Bonchev–Trinajstić information content (AvgIpc) is 2.84. The van der Waals surface area contributed by atoms with Crippen LogP contribution in [0.3, 0.4) is 0 Å². The van der Waals surface area contributed by atoms with Gasteiger partial charge in [0.05, 0.1) is 6.61 Å². The van der Waals surface area contributed by atoms with Gasteiger partial charge >= 0.3 is 5.97 Å². The topological polar surface area (TPSA) is 80.8 Å². The molecule has 0 fully saturated rings. The van der Waals surface area contributed by atoms with Crippen LogP contribution >= 0.6 is 27.7 Å². The van der Waals surface area contributed by atoms with Gasteiger partial charge in [0.1, 0.15) is 10.8 Å². The van der Waals surface area contributed by atoms with Gasteiger partial charge in [-0.2, -0.15) is 0 Å². The zero-order valence-corrected chi connectivity index (χ0v) is 14.4. The van der Waals surface area contributed by atoms with E-state index in [1.54, 1.807) is 13.8 Å². The van der Waals surface area contributed by atoms with Crippen LogP contribution < -0.4 is 0 Å². The highest BCUT2D eigenvalue weighted by Crippen LogP contribution is 2.27. The van der Waals surface area contributed by atoms with Crippen LogP contribution in [-0.4, -0.2) is 38.0 Å². The molecule has 3 aromatic rings. The first-order chi connectivity index (χ1) is 10.6. The number of rotatable bonds is 4. The van der Waals surface area contributed by atoms with Crippen LogP contribution in [0.25, 0.3) is 22.1 Å². The first-order valence-electron chi connectivity index (χ1n) is 6.73. The van der Waals surface area contributed by atoms with Crippen LogP contribution in [0.1, 0.15) is 13.8 Å². The van der Waals surface area contributed by atoms with E-state index in [4.69, 9.17) is 4.74 Å². The number of esters is 1. The van der Waals surface area contributed by atoms with Gasteiger partial charge in [-0.15, -0.1) is 10.2 Å². The third kappa shape index (κ3) is 2.93. The van der Waals surface area contributed by atoms with Gasteiger partial charge in [-0.25, -0.2) is 4.98 Å². The van der Waals surface area contributed by atoms with E-state index in [1.807, 2.05) is 18.2 Å². The number of nitrogens with one attached hydrogen (secondary N) is 1. The minimum absolute atomic E-state index is 0.281. The van der Waals surface area contributed by atoms with E-state index in [0.29, 0.717) is 22.9 Å². The molecule has 22 heavy (non-hydrogen) atoms. The number of nitrogens with zero attached hydrogens (tertiary/aromatic N) is 3. The van der Waals surface area contributed by atoms with E-state index in [9.17, 15) is 4.79 Å². The predicted octanol–water partition coefficient (Wildman–Crippen LogP) is 3.31. The molecule has 3 rings (SSSR count). The Morgan fingerprint density at radius 2 is 2.27 bits per heavy atom.